The van der Waals surface area contributed by atoms with Gasteiger partial charge in [0.2, 0.25) is 0 Å². The van der Waals surface area contributed by atoms with Gasteiger partial charge in [-0.2, -0.15) is 0 Å². The summed E-state index contributed by atoms with van der Waals surface area (Å²) in [6.07, 6.45) is 1.68. The predicted octanol–water partition coefficient (Wildman–Crippen LogP) is 6.05. The van der Waals surface area contributed by atoms with E-state index in [1.54, 1.807) is 30.5 Å². The molecule has 0 aliphatic heterocycles. The van der Waals surface area contributed by atoms with Gasteiger partial charge in [-0.05, 0) is 29.8 Å². The van der Waals surface area contributed by atoms with Gasteiger partial charge in [0.25, 0.3) is 0 Å². The van der Waals surface area contributed by atoms with Crippen molar-refractivity contribution in [2.45, 2.75) is 0 Å². The van der Waals surface area contributed by atoms with Crippen LogP contribution in [0.2, 0.25) is 20.1 Å². The standard InChI is InChI=1S/C13H7Cl4N/c14-9-3-1-8(2-4-9)7-18-13-6-11(16)10(15)5-12(13)17/h1-7H. The summed E-state index contributed by atoms with van der Waals surface area (Å²) < 4.78 is 0. The summed E-state index contributed by atoms with van der Waals surface area (Å²) in [5.74, 6) is 0. The van der Waals surface area contributed by atoms with Crippen molar-refractivity contribution in [3.8, 4) is 0 Å². The molecule has 0 spiro atoms. The van der Waals surface area contributed by atoms with Crippen LogP contribution in [-0.2, 0) is 0 Å². The van der Waals surface area contributed by atoms with Gasteiger partial charge in [-0.1, -0.05) is 58.5 Å². The van der Waals surface area contributed by atoms with Crippen molar-refractivity contribution >= 4 is 58.3 Å². The number of halogens is 4. The van der Waals surface area contributed by atoms with E-state index in [-0.39, 0.29) is 0 Å². The summed E-state index contributed by atoms with van der Waals surface area (Å²) in [7, 11) is 0. The Morgan fingerprint density at radius 3 is 2.06 bits per heavy atom. The van der Waals surface area contributed by atoms with Crippen molar-refractivity contribution in [3.05, 3.63) is 62.1 Å². The number of rotatable bonds is 2. The summed E-state index contributed by atoms with van der Waals surface area (Å²) in [6, 6.07) is 10.5. The van der Waals surface area contributed by atoms with Crippen molar-refractivity contribution < 1.29 is 0 Å². The van der Waals surface area contributed by atoms with Crippen LogP contribution in [0.1, 0.15) is 5.56 Å². The highest BCUT2D eigenvalue weighted by Crippen LogP contribution is 2.33. The Morgan fingerprint density at radius 1 is 0.778 bits per heavy atom. The van der Waals surface area contributed by atoms with Crippen LogP contribution in [0.15, 0.2) is 41.4 Å². The number of hydrogen-bond acceptors (Lipinski definition) is 1. The van der Waals surface area contributed by atoms with E-state index in [0.717, 1.165) is 5.56 Å². The zero-order valence-electron chi connectivity index (χ0n) is 9.00. The smallest absolute Gasteiger partial charge is 0.0831 e. The van der Waals surface area contributed by atoms with Crippen LogP contribution >= 0.6 is 46.4 Å². The first-order chi connectivity index (χ1) is 8.56. The molecule has 0 N–H and O–H groups in total. The van der Waals surface area contributed by atoms with Gasteiger partial charge >= 0.3 is 0 Å². The Kier molecular flexibility index (Phi) is 4.52. The number of aliphatic imine (C=N–C) groups is 1. The molecule has 92 valence electrons. The largest absolute Gasteiger partial charge is 0.255 e. The van der Waals surface area contributed by atoms with E-state index in [4.69, 9.17) is 46.4 Å². The van der Waals surface area contributed by atoms with E-state index in [0.29, 0.717) is 25.8 Å². The molecular formula is C13H7Cl4N. The molecule has 0 saturated heterocycles. The lowest BCUT2D eigenvalue weighted by atomic mass is 10.2. The van der Waals surface area contributed by atoms with Gasteiger partial charge in [-0.3, -0.25) is 4.99 Å². The van der Waals surface area contributed by atoms with Crippen molar-refractivity contribution in [1.82, 2.24) is 0 Å². The summed E-state index contributed by atoms with van der Waals surface area (Å²) >= 11 is 23.6. The molecule has 0 atom stereocenters. The molecule has 0 aromatic heterocycles. The lowest BCUT2D eigenvalue weighted by Gasteiger charge is -2.01. The number of hydrogen-bond donors (Lipinski definition) is 0. The maximum absolute atomic E-state index is 6.02. The molecule has 0 heterocycles. The van der Waals surface area contributed by atoms with Crippen molar-refractivity contribution in [3.63, 3.8) is 0 Å². The molecule has 0 bridgehead atoms. The average Bonchev–Trinajstić information content (AvgIpc) is 2.34. The minimum Gasteiger partial charge on any atom is -0.255 e. The van der Waals surface area contributed by atoms with Crippen LogP contribution in [0.5, 0.6) is 0 Å². The summed E-state index contributed by atoms with van der Waals surface area (Å²) in [5.41, 5.74) is 1.49. The molecule has 0 aliphatic carbocycles. The van der Waals surface area contributed by atoms with Gasteiger partial charge in [0, 0.05) is 11.2 Å². The lowest BCUT2D eigenvalue weighted by molar-refractivity contribution is 1.52. The first-order valence-electron chi connectivity index (χ1n) is 5.00. The van der Waals surface area contributed by atoms with Gasteiger partial charge in [0.05, 0.1) is 20.8 Å². The fraction of sp³-hybridized carbons (Fsp3) is 0. The summed E-state index contributed by atoms with van der Waals surface area (Å²) in [5, 5.41) is 1.96. The second-order valence-corrected chi connectivity index (χ2v) is 5.19. The second-order valence-electron chi connectivity index (χ2n) is 3.53. The van der Waals surface area contributed by atoms with Gasteiger partial charge in [-0.15, -0.1) is 0 Å². The molecule has 0 aliphatic rings. The predicted molar refractivity (Wildman–Crippen MR) is 80.2 cm³/mol. The van der Waals surface area contributed by atoms with Crippen LogP contribution in [-0.4, -0.2) is 6.21 Å². The molecule has 0 unspecified atom stereocenters. The van der Waals surface area contributed by atoms with Crippen LogP contribution in [0.4, 0.5) is 5.69 Å². The van der Waals surface area contributed by atoms with Crippen molar-refractivity contribution in [2.75, 3.05) is 0 Å². The first-order valence-corrected chi connectivity index (χ1v) is 6.51. The SMILES string of the molecule is Clc1ccc(C=Nc2cc(Cl)c(Cl)cc2Cl)cc1. The maximum Gasteiger partial charge on any atom is 0.0831 e. The van der Waals surface area contributed by atoms with Gasteiger partial charge in [0.1, 0.15) is 0 Å². The van der Waals surface area contributed by atoms with E-state index in [9.17, 15) is 0 Å². The van der Waals surface area contributed by atoms with E-state index in [1.165, 1.54) is 0 Å². The molecule has 2 aromatic rings. The third kappa shape index (κ3) is 3.39. The molecular weight excluding hydrogens is 312 g/mol. The molecule has 2 aromatic carbocycles. The normalized spacial score (nSPS) is 11.1. The van der Waals surface area contributed by atoms with E-state index in [2.05, 4.69) is 4.99 Å². The molecule has 18 heavy (non-hydrogen) atoms. The Hall–Kier alpha value is -0.730. The van der Waals surface area contributed by atoms with Gasteiger partial charge < -0.3 is 0 Å². The molecule has 0 fully saturated rings. The van der Waals surface area contributed by atoms with Crippen LogP contribution in [0, 0.1) is 0 Å². The Balaban J connectivity index is 2.28. The van der Waals surface area contributed by atoms with Gasteiger partial charge in [0.15, 0.2) is 0 Å². The highest BCUT2D eigenvalue weighted by molar-refractivity contribution is 6.44. The van der Waals surface area contributed by atoms with Crippen LogP contribution in [0.25, 0.3) is 0 Å². The minimum atomic E-state index is 0.409. The molecule has 5 heteroatoms. The molecule has 2 rings (SSSR count). The van der Waals surface area contributed by atoms with Crippen LogP contribution < -0.4 is 0 Å². The first kappa shape index (κ1) is 13.7. The molecule has 0 radical (unpaired) electrons. The highest BCUT2D eigenvalue weighted by Gasteiger charge is 2.04. The summed E-state index contributed by atoms with van der Waals surface area (Å²) in [4.78, 5) is 4.26. The molecule has 1 nitrogen and oxygen atoms in total. The highest BCUT2D eigenvalue weighted by atomic mass is 35.5. The van der Waals surface area contributed by atoms with Crippen molar-refractivity contribution in [1.29, 1.82) is 0 Å². The summed E-state index contributed by atoms with van der Waals surface area (Å²) in [6.45, 7) is 0. The Labute approximate surface area is 125 Å². The minimum absolute atomic E-state index is 0.409. The third-order valence-electron chi connectivity index (χ3n) is 2.21. The van der Waals surface area contributed by atoms with Gasteiger partial charge in [-0.25, -0.2) is 0 Å². The van der Waals surface area contributed by atoms with E-state index < -0.39 is 0 Å². The number of nitrogens with zero attached hydrogens (tertiary/aromatic N) is 1. The van der Waals surface area contributed by atoms with E-state index >= 15 is 0 Å². The molecule has 0 amide bonds. The zero-order valence-corrected chi connectivity index (χ0v) is 12.0. The Morgan fingerprint density at radius 2 is 1.39 bits per heavy atom. The average molecular weight is 319 g/mol. The fourth-order valence-corrected chi connectivity index (χ4v) is 2.02. The zero-order chi connectivity index (χ0) is 13.1. The topological polar surface area (TPSA) is 12.4 Å². The van der Waals surface area contributed by atoms with Crippen LogP contribution in [0.3, 0.4) is 0 Å². The fourth-order valence-electron chi connectivity index (χ4n) is 1.30. The maximum atomic E-state index is 6.02. The van der Waals surface area contributed by atoms with Crippen molar-refractivity contribution in [2.24, 2.45) is 4.99 Å². The molecule has 0 saturated carbocycles. The monoisotopic (exact) mass is 317 g/mol. The lowest BCUT2D eigenvalue weighted by Crippen LogP contribution is -1.80. The quantitative estimate of drug-likeness (QED) is 0.472. The second kappa shape index (κ2) is 5.94. The van der Waals surface area contributed by atoms with E-state index in [1.807, 2.05) is 12.1 Å². The Bertz CT molecular complexity index is 591. The third-order valence-corrected chi connectivity index (χ3v) is 3.49. The number of benzene rings is 2.